The molecule has 11 heavy (non-hydrogen) atoms. The van der Waals surface area contributed by atoms with Crippen molar-refractivity contribution < 1.29 is 4.42 Å². The maximum Gasteiger partial charge on any atom is 0.169 e. The lowest BCUT2D eigenvalue weighted by Gasteiger charge is -1.93. The molecule has 0 radical (unpaired) electrons. The SMILES string of the molecule is NCCCCc1ccc(Br)o1. The molecule has 0 aliphatic heterocycles. The van der Waals surface area contributed by atoms with E-state index in [0.29, 0.717) is 0 Å². The average Bonchev–Trinajstić information content (AvgIpc) is 2.37. The Bertz CT molecular complexity index is 210. The van der Waals surface area contributed by atoms with Crippen LogP contribution in [0.25, 0.3) is 0 Å². The highest BCUT2D eigenvalue weighted by Gasteiger charge is 1.97. The molecular formula is C8H12BrNO. The molecule has 2 nitrogen and oxygen atoms in total. The highest BCUT2D eigenvalue weighted by molar-refractivity contribution is 9.10. The van der Waals surface area contributed by atoms with Crippen molar-refractivity contribution in [1.82, 2.24) is 0 Å². The lowest BCUT2D eigenvalue weighted by Crippen LogP contribution is -1.98. The number of rotatable bonds is 4. The Morgan fingerprint density at radius 2 is 2.18 bits per heavy atom. The highest BCUT2D eigenvalue weighted by Crippen LogP contribution is 2.15. The molecule has 0 amide bonds. The molecular weight excluding hydrogens is 206 g/mol. The van der Waals surface area contributed by atoms with Crippen molar-refractivity contribution in [2.75, 3.05) is 6.54 Å². The van der Waals surface area contributed by atoms with Gasteiger partial charge in [0.2, 0.25) is 0 Å². The van der Waals surface area contributed by atoms with Crippen molar-refractivity contribution in [1.29, 1.82) is 0 Å². The minimum atomic E-state index is 0.766. The van der Waals surface area contributed by atoms with Crippen LogP contribution in [0.4, 0.5) is 0 Å². The van der Waals surface area contributed by atoms with Gasteiger partial charge in [-0.15, -0.1) is 0 Å². The molecule has 0 fully saturated rings. The molecule has 62 valence electrons. The summed E-state index contributed by atoms with van der Waals surface area (Å²) in [5.41, 5.74) is 5.36. The van der Waals surface area contributed by atoms with Crippen molar-refractivity contribution in [3.8, 4) is 0 Å². The minimum Gasteiger partial charge on any atom is -0.454 e. The predicted molar refractivity (Wildman–Crippen MR) is 48.4 cm³/mol. The Morgan fingerprint density at radius 3 is 2.73 bits per heavy atom. The third kappa shape index (κ3) is 3.08. The molecule has 0 spiro atoms. The second-order valence-electron chi connectivity index (χ2n) is 2.45. The van der Waals surface area contributed by atoms with E-state index in [1.54, 1.807) is 0 Å². The van der Waals surface area contributed by atoms with Crippen molar-refractivity contribution in [3.05, 3.63) is 22.6 Å². The quantitative estimate of drug-likeness (QED) is 0.787. The van der Waals surface area contributed by atoms with E-state index in [0.717, 1.165) is 36.2 Å². The molecule has 2 N–H and O–H groups in total. The first-order valence-electron chi connectivity index (χ1n) is 3.77. The summed E-state index contributed by atoms with van der Waals surface area (Å²) in [5, 5.41) is 0. The van der Waals surface area contributed by atoms with Crippen LogP contribution in [0, 0.1) is 0 Å². The molecule has 1 aromatic heterocycles. The van der Waals surface area contributed by atoms with Crippen LogP contribution in [-0.2, 0) is 6.42 Å². The fraction of sp³-hybridized carbons (Fsp3) is 0.500. The van der Waals surface area contributed by atoms with Gasteiger partial charge in [0.05, 0.1) is 0 Å². The number of hydrogen-bond donors (Lipinski definition) is 1. The van der Waals surface area contributed by atoms with E-state index in [4.69, 9.17) is 10.2 Å². The number of unbranched alkanes of at least 4 members (excludes halogenated alkanes) is 1. The zero-order valence-electron chi connectivity index (χ0n) is 6.35. The maximum atomic E-state index is 5.36. The van der Waals surface area contributed by atoms with E-state index in [9.17, 15) is 0 Å². The summed E-state index contributed by atoms with van der Waals surface area (Å²) in [6.07, 6.45) is 3.16. The van der Waals surface area contributed by atoms with Crippen LogP contribution in [0.5, 0.6) is 0 Å². The van der Waals surface area contributed by atoms with Crippen molar-refractivity contribution in [3.63, 3.8) is 0 Å². The molecule has 3 heteroatoms. The van der Waals surface area contributed by atoms with Crippen molar-refractivity contribution in [2.24, 2.45) is 5.73 Å². The van der Waals surface area contributed by atoms with Crippen LogP contribution < -0.4 is 5.73 Å². The third-order valence-corrected chi connectivity index (χ3v) is 1.93. The molecule has 1 heterocycles. The monoisotopic (exact) mass is 217 g/mol. The van der Waals surface area contributed by atoms with Gasteiger partial charge in [0.15, 0.2) is 4.67 Å². The summed E-state index contributed by atoms with van der Waals surface area (Å²) >= 11 is 3.25. The van der Waals surface area contributed by atoms with Gasteiger partial charge in [-0.25, -0.2) is 0 Å². The Morgan fingerprint density at radius 1 is 1.36 bits per heavy atom. The van der Waals surface area contributed by atoms with Crippen LogP contribution >= 0.6 is 15.9 Å². The van der Waals surface area contributed by atoms with Gasteiger partial charge in [-0.1, -0.05) is 0 Å². The van der Waals surface area contributed by atoms with Gasteiger partial charge in [0, 0.05) is 6.42 Å². The van der Waals surface area contributed by atoms with Gasteiger partial charge < -0.3 is 10.2 Å². The first-order valence-corrected chi connectivity index (χ1v) is 4.56. The topological polar surface area (TPSA) is 39.2 Å². The van der Waals surface area contributed by atoms with Crippen LogP contribution in [0.3, 0.4) is 0 Å². The van der Waals surface area contributed by atoms with Crippen molar-refractivity contribution in [2.45, 2.75) is 19.3 Å². The molecule has 0 aliphatic rings. The lowest BCUT2D eigenvalue weighted by molar-refractivity contribution is 0.479. The first-order chi connectivity index (χ1) is 5.33. The van der Waals surface area contributed by atoms with Crippen LogP contribution in [0.15, 0.2) is 21.2 Å². The number of hydrogen-bond acceptors (Lipinski definition) is 2. The summed E-state index contributed by atoms with van der Waals surface area (Å²) in [7, 11) is 0. The standard InChI is InChI=1S/C8H12BrNO/c9-8-5-4-7(11-8)3-1-2-6-10/h4-5H,1-3,6,10H2. The van der Waals surface area contributed by atoms with E-state index in [1.807, 2.05) is 12.1 Å². The zero-order valence-corrected chi connectivity index (χ0v) is 7.93. The van der Waals surface area contributed by atoms with Gasteiger partial charge in [0.1, 0.15) is 5.76 Å². The fourth-order valence-corrected chi connectivity index (χ4v) is 1.27. The Labute approximate surface area is 74.9 Å². The number of halogens is 1. The normalized spacial score (nSPS) is 10.4. The first kappa shape index (κ1) is 8.81. The van der Waals surface area contributed by atoms with E-state index in [-0.39, 0.29) is 0 Å². The minimum absolute atomic E-state index is 0.766. The van der Waals surface area contributed by atoms with Crippen molar-refractivity contribution >= 4 is 15.9 Å². The Kier molecular flexibility index (Phi) is 3.66. The summed E-state index contributed by atoms with van der Waals surface area (Å²) in [5.74, 6) is 1.03. The fourth-order valence-electron chi connectivity index (χ4n) is 0.930. The van der Waals surface area contributed by atoms with Crippen LogP contribution in [0.1, 0.15) is 18.6 Å². The van der Waals surface area contributed by atoms with Gasteiger partial charge in [-0.2, -0.15) is 0 Å². The number of nitrogens with two attached hydrogens (primary N) is 1. The molecule has 0 aliphatic carbocycles. The van der Waals surface area contributed by atoms with Gasteiger partial charge in [-0.3, -0.25) is 0 Å². The average molecular weight is 218 g/mol. The van der Waals surface area contributed by atoms with Gasteiger partial charge in [-0.05, 0) is 47.4 Å². The van der Waals surface area contributed by atoms with E-state index in [1.165, 1.54) is 0 Å². The van der Waals surface area contributed by atoms with E-state index in [2.05, 4.69) is 15.9 Å². The molecule has 0 bridgehead atoms. The summed E-state index contributed by atoms with van der Waals surface area (Å²) in [4.78, 5) is 0. The van der Waals surface area contributed by atoms with Gasteiger partial charge in [0.25, 0.3) is 0 Å². The molecule has 1 aromatic rings. The van der Waals surface area contributed by atoms with Gasteiger partial charge >= 0.3 is 0 Å². The summed E-state index contributed by atoms with van der Waals surface area (Å²) in [6, 6.07) is 3.90. The van der Waals surface area contributed by atoms with Crippen LogP contribution in [0.2, 0.25) is 0 Å². The smallest absolute Gasteiger partial charge is 0.169 e. The molecule has 0 unspecified atom stereocenters. The lowest BCUT2D eigenvalue weighted by atomic mass is 10.2. The summed E-state index contributed by atoms with van der Waals surface area (Å²) in [6.45, 7) is 0.766. The molecule has 0 atom stereocenters. The van der Waals surface area contributed by atoms with E-state index >= 15 is 0 Å². The van der Waals surface area contributed by atoms with Crippen LogP contribution in [-0.4, -0.2) is 6.54 Å². The second kappa shape index (κ2) is 4.57. The summed E-state index contributed by atoms with van der Waals surface area (Å²) < 4.78 is 6.11. The second-order valence-corrected chi connectivity index (χ2v) is 3.23. The largest absolute Gasteiger partial charge is 0.454 e. The highest BCUT2D eigenvalue weighted by atomic mass is 79.9. The molecule has 0 aromatic carbocycles. The Balaban J connectivity index is 2.27. The number of aryl methyl sites for hydroxylation is 1. The molecule has 0 saturated heterocycles. The molecule has 0 saturated carbocycles. The zero-order chi connectivity index (χ0) is 8.10. The Hall–Kier alpha value is -0.280. The number of furan rings is 1. The third-order valence-electron chi connectivity index (χ3n) is 1.51. The molecule has 1 rings (SSSR count). The van der Waals surface area contributed by atoms with E-state index < -0.39 is 0 Å². The maximum absolute atomic E-state index is 5.36. The predicted octanol–water partition coefficient (Wildman–Crippen LogP) is 2.32.